The third-order valence-electron chi connectivity index (χ3n) is 2.95. The van der Waals surface area contributed by atoms with Crippen molar-refractivity contribution < 1.29 is 0 Å². The molecule has 2 rings (SSSR count). The molecule has 2 heteroatoms. The van der Waals surface area contributed by atoms with Crippen LogP contribution in [0.5, 0.6) is 0 Å². The molecule has 1 N–H and O–H groups in total. The summed E-state index contributed by atoms with van der Waals surface area (Å²) in [7, 11) is 0. The van der Waals surface area contributed by atoms with E-state index in [0.717, 1.165) is 6.42 Å². The average molecular weight is 221 g/mol. The van der Waals surface area contributed by atoms with Crippen LogP contribution in [0.4, 0.5) is 5.69 Å². The number of nitrogens with one attached hydrogen (secondary N) is 1. The van der Waals surface area contributed by atoms with Gasteiger partial charge < -0.3 is 5.32 Å². The van der Waals surface area contributed by atoms with E-state index in [0.29, 0.717) is 6.04 Å². The molecule has 0 unspecified atom stereocenters. The van der Waals surface area contributed by atoms with Crippen molar-refractivity contribution >= 4 is 17.4 Å². The van der Waals surface area contributed by atoms with Gasteiger partial charge in [-0.2, -0.15) is 11.8 Å². The second-order valence-corrected chi connectivity index (χ2v) is 5.31. The highest BCUT2D eigenvalue weighted by Gasteiger charge is 2.12. The zero-order valence-corrected chi connectivity index (χ0v) is 10.1. The van der Waals surface area contributed by atoms with Gasteiger partial charge in [0.1, 0.15) is 0 Å². The minimum absolute atomic E-state index is 0.693. The first kappa shape index (κ1) is 10.9. The number of benzene rings is 1. The summed E-state index contributed by atoms with van der Waals surface area (Å²) < 4.78 is 0. The molecule has 1 aromatic rings. The second kappa shape index (κ2) is 5.45. The van der Waals surface area contributed by atoms with Crippen molar-refractivity contribution in [2.24, 2.45) is 0 Å². The SMILES string of the molecule is CCc1ccc(NC2CCSCC2)cc1. The van der Waals surface area contributed by atoms with Gasteiger partial charge in [0, 0.05) is 11.7 Å². The van der Waals surface area contributed by atoms with Crippen LogP contribution in [0.2, 0.25) is 0 Å². The second-order valence-electron chi connectivity index (χ2n) is 4.08. The van der Waals surface area contributed by atoms with Crippen LogP contribution in [0, 0.1) is 0 Å². The van der Waals surface area contributed by atoms with Crippen molar-refractivity contribution in [1.82, 2.24) is 0 Å². The number of hydrogen-bond donors (Lipinski definition) is 1. The third-order valence-corrected chi connectivity index (χ3v) is 4.00. The summed E-state index contributed by atoms with van der Waals surface area (Å²) in [6.45, 7) is 2.20. The molecule has 0 saturated carbocycles. The quantitative estimate of drug-likeness (QED) is 0.837. The fraction of sp³-hybridized carbons (Fsp3) is 0.538. The van der Waals surface area contributed by atoms with Crippen molar-refractivity contribution in [2.45, 2.75) is 32.2 Å². The Hall–Kier alpha value is -0.630. The van der Waals surface area contributed by atoms with Crippen LogP contribution < -0.4 is 5.32 Å². The Labute approximate surface area is 96.7 Å². The lowest BCUT2D eigenvalue weighted by molar-refractivity contribution is 0.667. The maximum atomic E-state index is 3.62. The minimum Gasteiger partial charge on any atom is -0.382 e. The summed E-state index contributed by atoms with van der Waals surface area (Å²) in [6, 6.07) is 9.56. The fourth-order valence-corrected chi connectivity index (χ4v) is 3.02. The maximum Gasteiger partial charge on any atom is 0.0342 e. The molecular formula is C13H19NS. The van der Waals surface area contributed by atoms with Crippen molar-refractivity contribution in [3.05, 3.63) is 29.8 Å². The van der Waals surface area contributed by atoms with Gasteiger partial charge in [0.2, 0.25) is 0 Å². The first-order valence-corrected chi connectivity index (χ1v) is 6.97. The van der Waals surface area contributed by atoms with Gasteiger partial charge in [0.25, 0.3) is 0 Å². The Morgan fingerprint density at radius 3 is 2.47 bits per heavy atom. The molecule has 1 aromatic carbocycles. The van der Waals surface area contributed by atoms with Crippen LogP contribution in [0.25, 0.3) is 0 Å². The van der Waals surface area contributed by atoms with Gasteiger partial charge in [0.15, 0.2) is 0 Å². The summed E-state index contributed by atoms with van der Waals surface area (Å²) in [6.07, 6.45) is 3.74. The lowest BCUT2D eigenvalue weighted by Crippen LogP contribution is -2.24. The Kier molecular flexibility index (Phi) is 3.95. The summed E-state index contributed by atoms with van der Waals surface area (Å²) >= 11 is 2.08. The summed E-state index contributed by atoms with van der Waals surface area (Å²) in [4.78, 5) is 0. The topological polar surface area (TPSA) is 12.0 Å². The van der Waals surface area contributed by atoms with Gasteiger partial charge in [-0.05, 0) is 48.5 Å². The first-order valence-electron chi connectivity index (χ1n) is 5.81. The largest absolute Gasteiger partial charge is 0.382 e. The van der Waals surface area contributed by atoms with E-state index in [1.165, 1.54) is 35.6 Å². The van der Waals surface area contributed by atoms with Crippen molar-refractivity contribution in [3.8, 4) is 0 Å². The highest BCUT2D eigenvalue weighted by Crippen LogP contribution is 2.21. The van der Waals surface area contributed by atoms with Gasteiger partial charge in [-0.15, -0.1) is 0 Å². The molecule has 1 aliphatic heterocycles. The van der Waals surface area contributed by atoms with Gasteiger partial charge in [0.05, 0.1) is 0 Å². The highest BCUT2D eigenvalue weighted by molar-refractivity contribution is 7.99. The summed E-state index contributed by atoms with van der Waals surface area (Å²) in [5.74, 6) is 2.62. The van der Waals surface area contributed by atoms with Crippen LogP contribution in [0.15, 0.2) is 24.3 Å². The molecular weight excluding hydrogens is 202 g/mol. The summed E-state index contributed by atoms with van der Waals surface area (Å²) in [5.41, 5.74) is 2.70. The van der Waals surface area contributed by atoms with Crippen LogP contribution in [0.3, 0.4) is 0 Å². The van der Waals surface area contributed by atoms with Crippen LogP contribution in [-0.2, 0) is 6.42 Å². The van der Waals surface area contributed by atoms with Crippen molar-refractivity contribution in [3.63, 3.8) is 0 Å². The zero-order valence-electron chi connectivity index (χ0n) is 9.33. The molecule has 0 bridgehead atoms. The number of rotatable bonds is 3. The van der Waals surface area contributed by atoms with E-state index in [4.69, 9.17) is 0 Å². The Bertz CT molecular complexity index is 288. The van der Waals surface area contributed by atoms with Crippen molar-refractivity contribution in [1.29, 1.82) is 0 Å². The number of aryl methyl sites for hydroxylation is 1. The lowest BCUT2D eigenvalue weighted by atomic mass is 10.1. The van der Waals surface area contributed by atoms with E-state index in [-0.39, 0.29) is 0 Å². The van der Waals surface area contributed by atoms with Crippen LogP contribution >= 0.6 is 11.8 Å². The molecule has 1 heterocycles. The molecule has 1 aliphatic rings. The van der Waals surface area contributed by atoms with E-state index < -0.39 is 0 Å². The van der Waals surface area contributed by atoms with E-state index >= 15 is 0 Å². The predicted molar refractivity (Wildman–Crippen MR) is 69.8 cm³/mol. The molecule has 1 saturated heterocycles. The van der Waals surface area contributed by atoms with E-state index in [2.05, 4.69) is 48.3 Å². The van der Waals surface area contributed by atoms with E-state index in [1.54, 1.807) is 0 Å². The molecule has 0 aromatic heterocycles. The standard InChI is InChI=1S/C13H19NS/c1-2-11-3-5-12(6-4-11)14-13-7-9-15-10-8-13/h3-6,13-14H,2,7-10H2,1H3. The highest BCUT2D eigenvalue weighted by atomic mass is 32.2. The molecule has 0 atom stereocenters. The first-order chi connectivity index (χ1) is 7.38. The number of hydrogen-bond acceptors (Lipinski definition) is 2. The molecule has 0 radical (unpaired) electrons. The Balaban J connectivity index is 1.91. The lowest BCUT2D eigenvalue weighted by Gasteiger charge is -2.23. The van der Waals surface area contributed by atoms with E-state index in [9.17, 15) is 0 Å². The third kappa shape index (κ3) is 3.16. The summed E-state index contributed by atoms with van der Waals surface area (Å²) in [5, 5.41) is 3.62. The predicted octanol–water partition coefficient (Wildman–Crippen LogP) is 3.56. The molecule has 0 amide bonds. The van der Waals surface area contributed by atoms with Gasteiger partial charge in [-0.3, -0.25) is 0 Å². The minimum atomic E-state index is 0.693. The molecule has 1 nitrogen and oxygen atoms in total. The van der Waals surface area contributed by atoms with E-state index in [1.807, 2.05) is 0 Å². The Morgan fingerprint density at radius 1 is 1.20 bits per heavy atom. The van der Waals surface area contributed by atoms with Gasteiger partial charge in [-0.25, -0.2) is 0 Å². The smallest absolute Gasteiger partial charge is 0.0342 e. The van der Waals surface area contributed by atoms with Crippen LogP contribution in [-0.4, -0.2) is 17.5 Å². The molecule has 0 spiro atoms. The number of anilines is 1. The number of thioether (sulfide) groups is 1. The van der Waals surface area contributed by atoms with Crippen LogP contribution in [0.1, 0.15) is 25.3 Å². The van der Waals surface area contributed by atoms with Gasteiger partial charge in [-0.1, -0.05) is 19.1 Å². The zero-order chi connectivity index (χ0) is 10.5. The maximum absolute atomic E-state index is 3.62. The van der Waals surface area contributed by atoms with Gasteiger partial charge >= 0.3 is 0 Å². The Morgan fingerprint density at radius 2 is 1.87 bits per heavy atom. The average Bonchev–Trinajstić information content (AvgIpc) is 2.31. The molecule has 82 valence electrons. The fourth-order valence-electron chi connectivity index (χ4n) is 1.91. The monoisotopic (exact) mass is 221 g/mol. The normalized spacial score (nSPS) is 17.7. The van der Waals surface area contributed by atoms with Crippen molar-refractivity contribution in [2.75, 3.05) is 16.8 Å². The molecule has 15 heavy (non-hydrogen) atoms. The molecule has 0 aliphatic carbocycles. The molecule has 1 fully saturated rings.